The monoisotopic (exact) mass is 168 g/mol. The fourth-order valence-corrected chi connectivity index (χ4v) is 0.863. The van der Waals surface area contributed by atoms with Crippen molar-refractivity contribution in [3.63, 3.8) is 0 Å². The van der Waals surface area contributed by atoms with E-state index in [1.165, 1.54) is 6.07 Å². The maximum absolute atomic E-state index is 9.15. The molecule has 0 bridgehead atoms. The summed E-state index contributed by atoms with van der Waals surface area (Å²) < 4.78 is 0. The Balaban J connectivity index is 0.000000561. The number of benzene rings is 1. The van der Waals surface area contributed by atoms with Crippen molar-refractivity contribution in [1.29, 1.82) is 0 Å². The van der Waals surface area contributed by atoms with E-state index in [4.69, 9.17) is 15.0 Å². The molecule has 3 heteroatoms. The van der Waals surface area contributed by atoms with Gasteiger partial charge in [0.05, 0.1) is 0 Å². The van der Waals surface area contributed by atoms with Gasteiger partial charge in [-0.05, 0) is 18.1 Å². The molecule has 0 unspecified atom stereocenters. The minimum atomic E-state index is -0.0423. The highest BCUT2D eigenvalue weighted by Gasteiger charge is 2.01. The average molecular weight is 168 g/mol. The van der Waals surface area contributed by atoms with Crippen LogP contribution in [-0.4, -0.2) is 17.0 Å². The normalized spacial score (nSPS) is 8.42. The molecule has 0 aromatic heterocycles. The van der Waals surface area contributed by atoms with Crippen LogP contribution in [0.4, 0.5) is 0 Å². The van der Waals surface area contributed by atoms with Crippen LogP contribution in [-0.2, 0) is 11.2 Å². The van der Waals surface area contributed by atoms with E-state index in [1.54, 1.807) is 12.1 Å². The Bertz CT molecular complexity index is 246. The quantitative estimate of drug-likeness (QED) is 0.624. The molecule has 0 aliphatic heterocycles. The highest BCUT2D eigenvalue weighted by molar-refractivity contribution is 5.44. The predicted molar refractivity (Wildman–Crippen MR) is 46.3 cm³/mol. The van der Waals surface area contributed by atoms with Crippen LogP contribution in [0.5, 0.6) is 11.5 Å². The van der Waals surface area contributed by atoms with Crippen LogP contribution in [0.3, 0.4) is 0 Å². The summed E-state index contributed by atoms with van der Waals surface area (Å²) in [7, 11) is 0. The summed E-state index contributed by atoms with van der Waals surface area (Å²) in [5.74, 6) is -0.0376. The largest absolute Gasteiger partial charge is 0.504 e. The Labute approximate surface area is 71.3 Å². The van der Waals surface area contributed by atoms with Crippen LogP contribution >= 0.6 is 0 Å². The lowest BCUT2D eigenvalue weighted by Crippen LogP contribution is -1.79. The van der Waals surface area contributed by atoms with E-state index in [2.05, 4.69) is 0 Å². The Morgan fingerprint density at radius 2 is 1.92 bits per heavy atom. The van der Waals surface area contributed by atoms with Gasteiger partial charge in [-0.15, -0.1) is 0 Å². The Hall–Kier alpha value is -1.51. The lowest BCUT2D eigenvalue weighted by atomic mass is 10.1. The highest BCUT2D eigenvalue weighted by atomic mass is 16.3. The van der Waals surface area contributed by atoms with E-state index >= 15 is 0 Å². The zero-order valence-electron chi connectivity index (χ0n) is 6.95. The molecule has 0 saturated heterocycles. The maximum atomic E-state index is 9.15. The lowest BCUT2D eigenvalue weighted by molar-refractivity contribution is -0.0979. The van der Waals surface area contributed by atoms with Gasteiger partial charge in [-0.1, -0.05) is 19.1 Å². The molecular weight excluding hydrogens is 156 g/mol. The Morgan fingerprint density at radius 3 is 2.33 bits per heavy atom. The molecule has 0 saturated carbocycles. The summed E-state index contributed by atoms with van der Waals surface area (Å²) in [5, 5.41) is 18.1. The number of hydrogen-bond donors (Lipinski definition) is 2. The van der Waals surface area contributed by atoms with Gasteiger partial charge >= 0.3 is 0 Å². The molecule has 66 valence electrons. The summed E-state index contributed by atoms with van der Waals surface area (Å²) in [6.45, 7) is 3.93. The first-order valence-electron chi connectivity index (χ1n) is 3.54. The smallest absolute Gasteiger partial charge is 0.160 e. The van der Waals surface area contributed by atoms with Crippen molar-refractivity contribution in [2.24, 2.45) is 0 Å². The minimum Gasteiger partial charge on any atom is -0.504 e. The second-order valence-corrected chi connectivity index (χ2v) is 2.14. The zero-order valence-corrected chi connectivity index (χ0v) is 6.95. The van der Waals surface area contributed by atoms with Crippen molar-refractivity contribution >= 4 is 6.79 Å². The second-order valence-electron chi connectivity index (χ2n) is 2.14. The molecule has 1 aromatic carbocycles. The van der Waals surface area contributed by atoms with Crippen LogP contribution in [0.1, 0.15) is 12.5 Å². The van der Waals surface area contributed by atoms with E-state index in [0.717, 1.165) is 12.0 Å². The van der Waals surface area contributed by atoms with Crippen molar-refractivity contribution in [1.82, 2.24) is 0 Å². The lowest BCUT2D eigenvalue weighted by Gasteiger charge is -2.01. The van der Waals surface area contributed by atoms with E-state index in [0.29, 0.717) is 0 Å². The van der Waals surface area contributed by atoms with Crippen LogP contribution in [0.25, 0.3) is 0 Å². The van der Waals surface area contributed by atoms with Crippen molar-refractivity contribution in [3.8, 4) is 11.5 Å². The minimum absolute atomic E-state index is 0.00463. The first kappa shape index (κ1) is 10.5. The molecule has 1 rings (SSSR count). The van der Waals surface area contributed by atoms with Crippen molar-refractivity contribution in [2.45, 2.75) is 13.3 Å². The Kier molecular flexibility index (Phi) is 4.53. The number of phenolic OH excluding ortho intramolecular Hbond substituents is 2. The third-order valence-corrected chi connectivity index (χ3v) is 1.48. The van der Waals surface area contributed by atoms with Gasteiger partial charge in [0.2, 0.25) is 0 Å². The zero-order chi connectivity index (χ0) is 9.56. The Morgan fingerprint density at radius 1 is 1.33 bits per heavy atom. The summed E-state index contributed by atoms with van der Waals surface area (Å²) in [5.41, 5.74) is 0.778. The van der Waals surface area contributed by atoms with Gasteiger partial charge in [-0.2, -0.15) is 0 Å². The third kappa shape index (κ3) is 2.27. The predicted octanol–water partition coefficient (Wildman–Crippen LogP) is 1.48. The highest BCUT2D eigenvalue weighted by Crippen LogP contribution is 2.27. The molecule has 0 radical (unpaired) electrons. The maximum Gasteiger partial charge on any atom is 0.160 e. The topological polar surface area (TPSA) is 57.5 Å². The standard InChI is InChI=1S/C8H10O2.CH2O/c1-2-6-4-3-5-7(9)8(6)10;1-2/h3-5,9-10H,2H2,1H3;1H2. The SMILES string of the molecule is C=O.CCc1cccc(O)c1O. The molecule has 0 aliphatic carbocycles. The van der Waals surface area contributed by atoms with E-state index in [-0.39, 0.29) is 11.5 Å². The molecule has 0 fully saturated rings. The third-order valence-electron chi connectivity index (χ3n) is 1.48. The van der Waals surface area contributed by atoms with Gasteiger partial charge < -0.3 is 15.0 Å². The summed E-state index contributed by atoms with van der Waals surface area (Å²) in [6.07, 6.45) is 0.736. The molecule has 3 nitrogen and oxygen atoms in total. The number of hydrogen-bond acceptors (Lipinski definition) is 3. The van der Waals surface area contributed by atoms with Gasteiger partial charge in [0, 0.05) is 0 Å². The molecule has 12 heavy (non-hydrogen) atoms. The number of aryl methyl sites for hydroxylation is 1. The van der Waals surface area contributed by atoms with Crippen LogP contribution < -0.4 is 0 Å². The van der Waals surface area contributed by atoms with E-state index in [1.807, 2.05) is 13.7 Å². The summed E-state index contributed by atoms with van der Waals surface area (Å²) >= 11 is 0. The number of rotatable bonds is 1. The number of aromatic hydroxyl groups is 2. The van der Waals surface area contributed by atoms with Crippen molar-refractivity contribution in [3.05, 3.63) is 23.8 Å². The van der Waals surface area contributed by atoms with Crippen molar-refractivity contribution in [2.75, 3.05) is 0 Å². The number of carbonyl (C=O) groups is 1. The molecule has 0 amide bonds. The summed E-state index contributed by atoms with van der Waals surface area (Å²) in [6, 6.07) is 4.97. The van der Waals surface area contributed by atoms with Gasteiger partial charge in [0.25, 0.3) is 0 Å². The van der Waals surface area contributed by atoms with Crippen LogP contribution in [0.15, 0.2) is 18.2 Å². The van der Waals surface area contributed by atoms with Gasteiger partial charge in [-0.25, -0.2) is 0 Å². The number of para-hydroxylation sites is 1. The van der Waals surface area contributed by atoms with Crippen molar-refractivity contribution < 1.29 is 15.0 Å². The van der Waals surface area contributed by atoms with Gasteiger partial charge in [0.15, 0.2) is 11.5 Å². The summed E-state index contributed by atoms with van der Waals surface area (Å²) in [4.78, 5) is 8.00. The molecular formula is C9H12O3. The van der Waals surface area contributed by atoms with E-state index < -0.39 is 0 Å². The fourth-order valence-electron chi connectivity index (χ4n) is 0.863. The van der Waals surface area contributed by atoms with Gasteiger partial charge in [0.1, 0.15) is 6.79 Å². The van der Waals surface area contributed by atoms with Crippen LogP contribution in [0.2, 0.25) is 0 Å². The molecule has 0 heterocycles. The first-order chi connectivity index (χ1) is 5.75. The molecule has 1 aromatic rings. The van der Waals surface area contributed by atoms with E-state index in [9.17, 15) is 0 Å². The second kappa shape index (κ2) is 5.18. The van der Waals surface area contributed by atoms with Crippen LogP contribution in [0, 0.1) is 0 Å². The molecule has 0 aliphatic rings. The first-order valence-corrected chi connectivity index (χ1v) is 3.54. The fraction of sp³-hybridized carbons (Fsp3) is 0.222. The number of carbonyl (C=O) groups excluding carboxylic acids is 1. The molecule has 0 spiro atoms. The van der Waals surface area contributed by atoms with Gasteiger partial charge in [-0.3, -0.25) is 0 Å². The number of phenols is 2. The molecule has 0 atom stereocenters. The average Bonchev–Trinajstić information content (AvgIpc) is 2.13. The molecule has 2 N–H and O–H groups in total.